The van der Waals surface area contributed by atoms with Gasteiger partial charge in [0.15, 0.2) is 0 Å². The Hall–Kier alpha value is -2.39. The first-order valence-corrected chi connectivity index (χ1v) is 6.90. The number of hydrogen-bond donors (Lipinski definition) is 1. The van der Waals surface area contributed by atoms with Crippen LogP contribution in [0.2, 0.25) is 0 Å². The van der Waals surface area contributed by atoms with Crippen LogP contribution in [0.15, 0.2) is 60.7 Å². The zero-order valence-corrected chi connectivity index (χ0v) is 12.2. The average molecular weight is 281 g/mol. The van der Waals surface area contributed by atoms with Crippen LogP contribution in [0.1, 0.15) is 19.4 Å². The topological polar surface area (TPSA) is 40.5 Å². The minimum Gasteiger partial charge on any atom is -0.285 e. The van der Waals surface area contributed by atoms with Crippen LogP contribution in [0.5, 0.6) is 0 Å². The Morgan fingerprint density at radius 2 is 1.62 bits per heavy atom. The third-order valence-corrected chi connectivity index (χ3v) is 3.29. The van der Waals surface area contributed by atoms with Gasteiger partial charge in [-0.2, -0.15) is 0 Å². The summed E-state index contributed by atoms with van der Waals surface area (Å²) in [6.07, 6.45) is 3.69. The Balaban J connectivity index is 2.08. The largest absolute Gasteiger partial charge is 0.285 e. The maximum absolute atomic E-state index is 11.0. The quantitative estimate of drug-likeness (QED) is 0.680. The number of carbonyl (C=O) groups excluding carboxylic acids is 1. The van der Waals surface area contributed by atoms with Crippen molar-refractivity contribution in [2.75, 3.05) is 0 Å². The molecule has 2 aromatic rings. The average Bonchev–Trinajstić information content (AvgIpc) is 2.53. The molecule has 0 bridgehead atoms. The third kappa shape index (κ3) is 4.04. The van der Waals surface area contributed by atoms with E-state index in [2.05, 4.69) is 24.3 Å². The van der Waals surface area contributed by atoms with Crippen molar-refractivity contribution >= 4 is 12.0 Å². The monoisotopic (exact) mass is 281 g/mol. The fourth-order valence-electron chi connectivity index (χ4n) is 2.04. The van der Waals surface area contributed by atoms with Crippen molar-refractivity contribution < 1.29 is 10.0 Å². The molecule has 0 saturated carbocycles. The van der Waals surface area contributed by atoms with Gasteiger partial charge in [0.25, 0.3) is 0 Å². The summed E-state index contributed by atoms with van der Waals surface area (Å²) < 4.78 is 0. The van der Waals surface area contributed by atoms with Gasteiger partial charge >= 0.3 is 0 Å². The normalized spacial score (nSPS) is 12.3. The maximum Gasteiger partial charge on any atom is 0.243 e. The van der Waals surface area contributed by atoms with E-state index < -0.39 is 0 Å². The standard InChI is InChI=1S/C18H19NO2/c1-14(19(21)15(2)20)8-9-16-10-12-18(13-11-16)17-6-4-3-5-7-17/h3-14,21H,1-2H3/b9-8+/t14-/m1/s1. The van der Waals surface area contributed by atoms with Crippen LogP contribution < -0.4 is 0 Å². The molecule has 0 unspecified atom stereocenters. The van der Waals surface area contributed by atoms with E-state index in [-0.39, 0.29) is 11.9 Å². The molecular formula is C18H19NO2. The minimum absolute atomic E-state index is 0.351. The minimum atomic E-state index is -0.369. The lowest BCUT2D eigenvalue weighted by Crippen LogP contribution is -2.32. The lowest BCUT2D eigenvalue weighted by atomic mass is 10.0. The molecule has 1 N–H and O–H groups in total. The van der Waals surface area contributed by atoms with E-state index in [1.807, 2.05) is 36.4 Å². The van der Waals surface area contributed by atoms with Crippen molar-refractivity contribution in [1.29, 1.82) is 0 Å². The van der Waals surface area contributed by atoms with Gasteiger partial charge in [0.2, 0.25) is 5.91 Å². The molecule has 0 spiro atoms. The van der Waals surface area contributed by atoms with Gasteiger partial charge in [-0.05, 0) is 23.6 Å². The number of hydrogen-bond acceptors (Lipinski definition) is 2. The second kappa shape index (κ2) is 6.86. The van der Waals surface area contributed by atoms with E-state index in [4.69, 9.17) is 0 Å². The third-order valence-electron chi connectivity index (χ3n) is 3.29. The summed E-state index contributed by atoms with van der Waals surface area (Å²) in [5.74, 6) is -0.369. The molecule has 0 aliphatic heterocycles. The van der Waals surface area contributed by atoms with Crippen molar-refractivity contribution in [1.82, 2.24) is 5.06 Å². The molecule has 0 aliphatic carbocycles. The van der Waals surface area contributed by atoms with Crippen molar-refractivity contribution in [3.05, 3.63) is 66.2 Å². The highest BCUT2D eigenvalue weighted by molar-refractivity contribution is 5.72. The maximum atomic E-state index is 11.0. The molecule has 0 saturated heterocycles. The van der Waals surface area contributed by atoms with Gasteiger partial charge in [-0.25, -0.2) is 5.06 Å². The molecule has 3 nitrogen and oxygen atoms in total. The van der Waals surface area contributed by atoms with Gasteiger partial charge in [-0.1, -0.05) is 66.7 Å². The first-order chi connectivity index (χ1) is 10.1. The zero-order valence-electron chi connectivity index (χ0n) is 12.2. The SMILES string of the molecule is CC(=O)N(O)[C@H](C)/C=C/c1ccc(-c2ccccc2)cc1. The number of rotatable bonds is 4. The molecule has 2 rings (SSSR count). The van der Waals surface area contributed by atoms with Crippen LogP contribution in [0.25, 0.3) is 17.2 Å². The van der Waals surface area contributed by atoms with Gasteiger partial charge in [-0.3, -0.25) is 10.0 Å². The lowest BCUT2D eigenvalue weighted by Gasteiger charge is -2.17. The summed E-state index contributed by atoms with van der Waals surface area (Å²) in [4.78, 5) is 11.0. The number of hydroxylamine groups is 2. The Bertz CT molecular complexity index is 617. The smallest absolute Gasteiger partial charge is 0.243 e. The number of nitrogens with zero attached hydrogens (tertiary/aromatic N) is 1. The van der Waals surface area contributed by atoms with Crippen LogP contribution in [0.4, 0.5) is 0 Å². The Morgan fingerprint density at radius 3 is 2.19 bits per heavy atom. The molecule has 0 heterocycles. The Labute approximate surface area is 125 Å². The van der Waals surface area contributed by atoms with Crippen molar-refractivity contribution in [2.45, 2.75) is 19.9 Å². The summed E-state index contributed by atoms with van der Waals surface area (Å²) >= 11 is 0. The van der Waals surface area contributed by atoms with Crippen LogP contribution >= 0.6 is 0 Å². The summed E-state index contributed by atoms with van der Waals surface area (Å²) in [5, 5.41) is 10.2. The van der Waals surface area contributed by atoms with Crippen LogP contribution in [0.3, 0.4) is 0 Å². The van der Waals surface area contributed by atoms with Gasteiger partial charge in [0, 0.05) is 6.92 Å². The molecule has 3 heteroatoms. The first kappa shape index (κ1) is 15.0. The number of amides is 1. The highest BCUT2D eigenvalue weighted by atomic mass is 16.5. The molecule has 0 aliphatic rings. The van der Waals surface area contributed by atoms with E-state index in [0.717, 1.165) is 16.2 Å². The summed E-state index contributed by atoms with van der Waals surface area (Å²) in [6, 6.07) is 18.0. The molecule has 0 fully saturated rings. The van der Waals surface area contributed by atoms with E-state index in [9.17, 15) is 10.0 Å². The predicted octanol–water partition coefficient (Wildman–Crippen LogP) is 3.99. The zero-order chi connectivity index (χ0) is 15.2. The highest BCUT2D eigenvalue weighted by Crippen LogP contribution is 2.19. The summed E-state index contributed by atoms with van der Waals surface area (Å²) in [7, 11) is 0. The van der Waals surface area contributed by atoms with Gasteiger partial charge in [0.05, 0.1) is 6.04 Å². The predicted molar refractivity (Wildman–Crippen MR) is 84.7 cm³/mol. The van der Waals surface area contributed by atoms with Crippen LogP contribution in [0, 0.1) is 0 Å². The lowest BCUT2D eigenvalue weighted by molar-refractivity contribution is -0.167. The molecule has 108 valence electrons. The molecule has 0 aromatic heterocycles. The fraction of sp³-hybridized carbons (Fsp3) is 0.167. The number of benzene rings is 2. The van der Waals surface area contributed by atoms with E-state index in [1.165, 1.54) is 12.5 Å². The molecule has 1 atom stereocenters. The first-order valence-electron chi connectivity index (χ1n) is 6.90. The van der Waals surface area contributed by atoms with Gasteiger partial charge < -0.3 is 0 Å². The fourth-order valence-corrected chi connectivity index (χ4v) is 2.04. The Morgan fingerprint density at radius 1 is 1.05 bits per heavy atom. The summed E-state index contributed by atoms with van der Waals surface area (Å²) in [5.41, 5.74) is 3.37. The number of carbonyl (C=O) groups is 1. The molecular weight excluding hydrogens is 262 g/mol. The van der Waals surface area contributed by atoms with Crippen LogP contribution in [-0.4, -0.2) is 22.2 Å². The van der Waals surface area contributed by atoms with E-state index >= 15 is 0 Å². The van der Waals surface area contributed by atoms with Crippen molar-refractivity contribution in [3.63, 3.8) is 0 Å². The van der Waals surface area contributed by atoms with Gasteiger partial charge in [-0.15, -0.1) is 0 Å². The van der Waals surface area contributed by atoms with Crippen molar-refractivity contribution in [3.8, 4) is 11.1 Å². The highest BCUT2D eigenvalue weighted by Gasteiger charge is 2.10. The van der Waals surface area contributed by atoms with E-state index in [1.54, 1.807) is 13.0 Å². The van der Waals surface area contributed by atoms with Crippen LogP contribution in [-0.2, 0) is 4.79 Å². The molecule has 21 heavy (non-hydrogen) atoms. The van der Waals surface area contributed by atoms with Crippen molar-refractivity contribution in [2.24, 2.45) is 0 Å². The molecule has 1 amide bonds. The second-order valence-electron chi connectivity index (χ2n) is 4.95. The Kier molecular flexibility index (Phi) is 4.90. The second-order valence-corrected chi connectivity index (χ2v) is 4.95. The van der Waals surface area contributed by atoms with Gasteiger partial charge in [0.1, 0.15) is 0 Å². The molecule has 2 aromatic carbocycles. The molecule has 0 radical (unpaired) electrons. The van der Waals surface area contributed by atoms with E-state index in [0.29, 0.717) is 0 Å². The summed E-state index contributed by atoms with van der Waals surface area (Å²) in [6.45, 7) is 3.09.